The quantitative estimate of drug-likeness (QED) is 0.731. The van der Waals surface area contributed by atoms with E-state index in [2.05, 4.69) is 0 Å². The summed E-state index contributed by atoms with van der Waals surface area (Å²) in [5, 5.41) is 8.75. The second-order valence-electron chi connectivity index (χ2n) is 5.19. The SMILES string of the molecule is O=C1c2ccccc2C(=O)c2oc(CCCCCO)cc21. The fourth-order valence-corrected chi connectivity index (χ4v) is 2.64. The molecule has 0 radical (unpaired) electrons. The second-order valence-corrected chi connectivity index (χ2v) is 5.19. The monoisotopic (exact) mass is 284 g/mol. The summed E-state index contributed by atoms with van der Waals surface area (Å²) in [4.78, 5) is 24.8. The number of fused-ring (bicyclic) bond motifs is 2. The van der Waals surface area contributed by atoms with Gasteiger partial charge in [0.2, 0.25) is 5.78 Å². The van der Waals surface area contributed by atoms with Crippen LogP contribution in [0.2, 0.25) is 0 Å². The Balaban J connectivity index is 1.87. The van der Waals surface area contributed by atoms with E-state index < -0.39 is 0 Å². The molecular weight excluding hydrogens is 268 g/mol. The number of hydrogen-bond donors (Lipinski definition) is 1. The van der Waals surface area contributed by atoms with Gasteiger partial charge in [-0.05, 0) is 18.9 Å². The van der Waals surface area contributed by atoms with E-state index in [1.165, 1.54) is 0 Å². The number of unbranched alkanes of at least 4 members (excludes halogenated alkanes) is 2. The number of aliphatic hydroxyl groups is 1. The molecule has 0 aliphatic heterocycles. The van der Waals surface area contributed by atoms with Crippen LogP contribution in [0.15, 0.2) is 34.7 Å². The van der Waals surface area contributed by atoms with Crippen molar-refractivity contribution in [3.8, 4) is 0 Å². The molecule has 1 aliphatic rings. The summed E-state index contributed by atoms with van der Waals surface area (Å²) >= 11 is 0. The molecule has 1 N–H and O–H groups in total. The first-order chi connectivity index (χ1) is 10.2. The summed E-state index contributed by atoms with van der Waals surface area (Å²) in [6.07, 6.45) is 3.18. The van der Waals surface area contributed by atoms with Gasteiger partial charge in [-0.15, -0.1) is 0 Å². The Morgan fingerprint density at radius 2 is 1.62 bits per heavy atom. The first-order valence-corrected chi connectivity index (χ1v) is 7.14. The van der Waals surface area contributed by atoms with E-state index in [0.717, 1.165) is 19.3 Å². The van der Waals surface area contributed by atoms with Gasteiger partial charge in [0.15, 0.2) is 11.5 Å². The minimum atomic E-state index is -0.221. The van der Waals surface area contributed by atoms with E-state index in [1.807, 2.05) is 0 Å². The lowest BCUT2D eigenvalue weighted by Gasteiger charge is -2.11. The molecule has 0 saturated carbocycles. The van der Waals surface area contributed by atoms with E-state index in [0.29, 0.717) is 28.9 Å². The van der Waals surface area contributed by atoms with Gasteiger partial charge in [-0.25, -0.2) is 0 Å². The number of ketones is 2. The molecule has 0 spiro atoms. The van der Waals surface area contributed by atoms with Crippen molar-refractivity contribution in [1.82, 2.24) is 0 Å². The average Bonchev–Trinajstić information content (AvgIpc) is 2.94. The largest absolute Gasteiger partial charge is 0.457 e. The van der Waals surface area contributed by atoms with Crippen molar-refractivity contribution in [2.24, 2.45) is 0 Å². The summed E-state index contributed by atoms with van der Waals surface area (Å²) in [5.74, 6) is 0.454. The topological polar surface area (TPSA) is 67.5 Å². The Kier molecular flexibility index (Phi) is 3.71. The Morgan fingerprint density at radius 1 is 0.905 bits per heavy atom. The van der Waals surface area contributed by atoms with Gasteiger partial charge in [-0.3, -0.25) is 9.59 Å². The van der Waals surface area contributed by atoms with Crippen LogP contribution in [-0.4, -0.2) is 23.3 Å². The second kappa shape index (κ2) is 5.66. The zero-order chi connectivity index (χ0) is 14.8. The number of benzene rings is 1. The predicted octanol–water partition coefficient (Wildman–Crippen LogP) is 2.76. The smallest absolute Gasteiger partial charge is 0.229 e. The molecule has 1 heterocycles. The van der Waals surface area contributed by atoms with Gasteiger partial charge in [0.1, 0.15) is 5.76 Å². The van der Waals surface area contributed by atoms with Crippen LogP contribution in [0.3, 0.4) is 0 Å². The number of furan rings is 1. The maximum Gasteiger partial charge on any atom is 0.229 e. The molecule has 0 saturated heterocycles. The predicted molar refractivity (Wildman–Crippen MR) is 76.7 cm³/mol. The molecule has 21 heavy (non-hydrogen) atoms. The molecule has 0 unspecified atom stereocenters. The van der Waals surface area contributed by atoms with Crippen LogP contribution in [0.1, 0.15) is 57.1 Å². The Labute approximate surface area is 122 Å². The third-order valence-corrected chi connectivity index (χ3v) is 3.73. The van der Waals surface area contributed by atoms with Crippen molar-refractivity contribution in [3.05, 3.63) is 58.5 Å². The highest BCUT2D eigenvalue weighted by Gasteiger charge is 2.33. The lowest BCUT2D eigenvalue weighted by atomic mass is 9.88. The van der Waals surface area contributed by atoms with Crippen LogP contribution in [0.5, 0.6) is 0 Å². The molecule has 2 aromatic rings. The molecule has 4 nitrogen and oxygen atoms in total. The van der Waals surface area contributed by atoms with Crippen molar-refractivity contribution >= 4 is 11.6 Å². The molecule has 0 atom stereocenters. The average molecular weight is 284 g/mol. The molecular formula is C17H16O4. The van der Waals surface area contributed by atoms with Gasteiger partial charge in [-0.2, -0.15) is 0 Å². The maximum atomic E-state index is 12.4. The van der Waals surface area contributed by atoms with Gasteiger partial charge in [0, 0.05) is 24.2 Å². The Morgan fingerprint density at radius 3 is 2.33 bits per heavy atom. The minimum absolute atomic E-state index is 0.148. The minimum Gasteiger partial charge on any atom is -0.457 e. The normalized spacial score (nSPS) is 13.2. The van der Waals surface area contributed by atoms with E-state index in [9.17, 15) is 9.59 Å². The molecule has 1 aromatic heterocycles. The Hall–Kier alpha value is -2.20. The fourth-order valence-electron chi connectivity index (χ4n) is 2.64. The molecule has 3 rings (SSSR count). The first-order valence-electron chi connectivity index (χ1n) is 7.14. The summed E-state index contributed by atoms with van der Waals surface area (Å²) in [7, 11) is 0. The number of rotatable bonds is 5. The van der Waals surface area contributed by atoms with Crippen LogP contribution in [-0.2, 0) is 6.42 Å². The van der Waals surface area contributed by atoms with E-state index >= 15 is 0 Å². The fraction of sp³-hybridized carbons (Fsp3) is 0.294. The number of hydrogen-bond acceptors (Lipinski definition) is 4. The van der Waals surface area contributed by atoms with Gasteiger partial charge in [0.05, 0.1) is 5.56 Å². The molecule has 1 aromatic carbocycles. The van der Waals surface area contributed by atoms with Crippen molar-refractivity contribution in [2.45, 2.75) is 25.7 Å². The van der Waals surface area contributed by atoms with Gasteiger partial charge < -0.3 is 9.52 Å². The van der Waals surface area contributed by atoms with Crippen LogP contribution in [0, 0.1) is 0 Å². The number of carbonyl (C=O) groups excluding carboxylic acids is 2. The van der Waals surface area contributed by atoms with Crippen LogP contribution >= 0.6 is 0 Å². The lowest BCUT2D eigenvalue weighted by molar-refractivity contribution is 0.0959. The van der Waals surface area contributed by atoms with E-state index in [-0.39, 0.29) is 23.9 Å². The summed E-state index contributed by atoms with van der Waals surface area (Å²) < 4.78 is 5.59. The molecule has 4 heteroatoms. The number of carbonyl (C=O) groups is 2. The zero-order valence-electron chi connectivity index (χ0n) is 11.6. The number of aliphatic hydroxyl groups excluding tert-OH is 1. The van der Waals surface area contributed by atoms with Gasteiger partial charge in [-0.1, -0.05) is 30.7 Å². The standard InChI is InChI=1S/C17H16O4/c18-9-5-1-2-6-11-10-14-15(19)12-7-3-4-8-13(12)16(20)17(14)21-11/h3-4,7-8,10,18H,1-2,5-6,9H2. The van der Waals surface area contributed by atoms with Crippen LogP contribution in [0.4, 0.5) is 0 Å². The van der Waals surface area contributed by atoms with Crippen molar-refractivity contribution in [1.29, 1.82) is 0 Å². The van der Waals surface area contributed by atoms with Crippen molar-refractivity contribution in [2.75, 3.05) is 6.61 Å². The zero-order valence-corrected chi connectivity index (χ0v) is 11.6. The highest BCUT2D eigenvalue weighted by molar-refractivity contribution is 6.27. The third-order valence-electron chi connectivity index (χ3n) is 3.73. The molecule has 0 fully saturated rings. The molecule has 0 bridgehead atoms. The molecule has 0 amide bonds. The van der Waals surface area contributed by atoms with Gasteiger partial charge >= 0.3 is 0 Å². The van der Waals surface area contributed by atoms with E-state index in [1.54, 1.807) is 30.3 Å². The highest BCUT2D eigenvalue weighted by atomic mass is 16.3. The van der Waals surface area contributed by atoms with Gasteiger partial charge in [0.25, 0.3) is 0 Å². The van der Waals surface area contributed by atoms with Crippen LogP contribution in [0.25, 0.3) is 0 Å². The first kappa shape index (κ1) is 13.8. The third kappa shape index (κ3) is 2.43. The summed E-state index contributed by atoms with van der Waals surface area (Å²) in [5.41, 5.74) is 1.23. The van der Waals surface area contributed by atoms with Crippen molar-refractivity contribution < 1.29 is 19.1 Å². The lowest BCUT2D eigenvalue weighted by Crippen LogP contribution is -2.18. The Bertz CT molecular complexity index is 644. The highest BCUT2D eigenvalue weighted by Crippen LogP contribution is 2.30. The van der Waals surface area contributed by atoms with Crippen molar-refractivity contribution in [3.63, 3.8) is 0 Å². The molecule has 108 valence electrons. The van der Waals surface area contributed by atoms with Crippen LogP contribution < -0.4 is 0 Å². The maximum absolute atomic E-state index is 12.4. The summed E-state index contributed by atoms with van der Waals surface area (Å²) in [6, 6.07) is 8.51. The molecule has 1 aliphatic carbocycles. The van der Waals surface area contributed by atoms with E-state index in [4.69, 9.17) is 9.52 Å². The summed E-state index contributed by atoms with van der Waals surface area (Å²) in [6.45, 7) is 0.181. The number of aryl methyl sites for hydroxylation is 1.